The first-order chi connectivity index (χ1) is 13.7. The van der Waals surface area contributed by atoms with Gasteiger partial charge in [-0.15, -0.1) is 12.4 Å². The fraction of sp³-hybridized carbons (Fsp3) is 0.273. The van der Waals surface area contributed by atoms with E-state index in [9.17, 15) is 0 Å². The van der Waals surface area contributed by atoms with Gasteiger partial charge in [-0.2, -0.15) is 5.10 Å². The van der Waals surface area contributed by atoms with E-state index in [4.69, 9.17) is 16.6 Å². The topological polar surface area (TPSA) is 45.5 Å². The Balaban J connectivity index is 0.00000240. The number of fused-ring (bicyclic) bond motifs is 3. The molecule has 0 atom stereocenters. The van der Waals surface area contributed by atoms with Crippen LogP contribution < -0.4 is 5.32 Å². The molecule has 0 amide bonds. The lowest BCUT2D eigenvalue weighted by atomic mass is 10.1. The Morgan fingerprint density at radius 1 is 1.03 bits per heavy atom. The van der Waals surface area contributed by atoms with Crippen molar-refractivity contribution in [2.75, 3.05) is 31.5 Å². The van der Waals surface area contributed by atoms with Gasteiger partial charge in [0.05, 0.1) is 11.7 Å². The lowest BCUT2D eigenvalue weighted by molar-refractivity contribution is 0.316. The normalized spacial score (nSPS) is 11.2. The van der Waals surface area contributed by atoms with Gasteiger partial charge in [0.2, 0.25) is 0 Å². The lowest BCUT2D eigenvalue weighted by Crippen LogP contribution is -2.28. The fourth-order valence-electron chi connectivity index (χ4n) is 3.49. The van der Waals surface area contributed by atoms with E-state index in [1.165, 1.54) is 0 Å². The van der Waals surface area contributed by atoms with Crippen LogP contribution in [0.5, 0.6) is 0 Å². The van der Waals surface area contributed by atoms with Crippen LogP contribution in [0.4, 0.5) is 5.82 Å². The third kappa shape index (κ3) is 4.32. The highest BCUT2D eigenvalue weighted by Crippen LogP contribution is 2.29. The minimum absolute atomic E-state index is 0. The molecule has 7 heteroatoms. The molecule has 0 radical (unpaired) electrons. The number of halogens is 2. The molecule has 29 heavy (non-hydrogen) atoms. The number of aromatic nitrogens is 3. The maximum atomic E-state index is 6.05. The van der Waals surface area contributed by atoms with Crippen LogP contribution in [-0.4, -0.2) is 45.7 Å². The highest BCUT2D eigenvalue weighted by Gasteiger charge is 2.14. The fourth-order valence-corrected chi connectivity index (χ4v) is 3.62. The second kappa shape index (κ2) is 9.44. The van der Waals surface area contributed by atoms with E-state index in [-0.39, 0.29) is 12.4 Å². The van der Waals surface area contributed by atoms with E-state index in [1.807, 2.05) is 47.1 Å². The standard InChI is InChI=1S/C22H24ClN5.ClH/c1-3-27(4-2)14-13-24-21-18-7-5-6-8-20(18)28-22(26-21)19(15-25-28)16-9-11-17(23)12-10-16;/h5-12,15H,3-4,13-14H2,1-2H3,(H,24,26);1H. The van der Waals surface area contributed by atoms with Crippen LogP contribution >= 0.6 is 24.0 Å². The van der Waals surface area contributed by atoms with E-state index < -0.39 is 0 Å². The van der Waals surface area contributed by atoms with Gasteiger partial charge in [-0.05, 0) is 42.9 Å². The van der Waals surface area contributed by atoms with Crippen molar-refractivity contribution in [3.63, 3.8) is 0 Å². The van der Waals surface area contributed by atoms with Crippen molar-refractivity contribution in [2.24, 2.45) is 0 Å². The summed E-state index contributed by atoms with van der Waals surface area (Å²) in [5.74, 6) is 0.894. The molecule has 0 aliphatic carbocycles. The molecule has 4 aromatic rings. The Bertz CT molecular complexity index is 1090. The van der Waals surface area contributed by atoms with E-state index in [1.54, 1.807) is 0 Å². The number of anilines is 1. The van der Waals surface area contributed by atoms with E-state index in [0.29, 0.717) is 0 Å². The van der Waals surface area contributed by atoms with Gasteiger partial charge >= 0.3 is 0 Å². The molecule has 0 aliphatic rings. The zero-order valence-corrected chi connectivity index (χ0v) is 18.2. The molecule has 0 saturated heterocycles. The molecule has 0 aliphatic heterocycles. The third-order valence-corrected chi connectivity index (χ3v) is 5.37. The quantitative estimate of drug-likeness (QED) is 0.428. The molecule has 4 rings (SSSR count). The Morgan fingerprint density at radius 2 is 1.76 bits per heavy atom. The molecule has 152 valence electrons. The number of likely N-dealkylation sites (N-methyl/N-ethyl adjacent to an activating group) is 1. The summed E-state index contributed by atoms with van der Waals surface area (Å²) in [4.78, 5) is 7.34. The SMILES string of the molecule is CCN(CC)CCNc1nc2c(-c3ccc(Cl)cc3)cnn2c2ccccc12.Cl. The number of nitrogens with zero attached hydrogens (tertiary/aromatic N) is 4. The number of rotatable bonds is 7. The largest absolute Gasteiger partial charge is 0.368 e. The van der Waals surface area contributed by atoms with E-state index in [2.05, 4.69) is 41.3 Å². The first kappa shape index (κ1) is 21.4. The van der Waals surface area contributed by atoms with Crippen molar-refractivity contribution in [3.05, 3.63) is 59.8 Å². The van der Waals surface area contributed by atoms with Crippen LogP contribution in [0, 0.1) is 0 Å². The Kier molecular flexibility index (Phi) is 6.96. The molecule has 0 unspecified atom stereocenters. The summed E-state index contributed by atoms with van der Waals surface area (Å²) in [6.45, 7) is 8.31. The maximum absolute atomic E-state index is 6.05. The summed E-state index contributed by atoms with van der Waals surface area (Å²) in [6, 6.07) is 16.0. The second-order valence-corrected chi connectivity index (χ2v) is 7.17. The predicted molar refractivity (Wildman–Crippen MR) is 124 cm³/mol. The molecular formula is C22H25Cl2N5. The van der Waals surface area contributed by atoms with Gasteiger partial charge in [-0.1, -0.05) is 49.7 Å². The van der Waals surface area contributed by atoms with Gasteiger partial charge in [-0.25, -0.2) is 9.50 Å². The van der Waals surface area contributed by atoms with Crippen LogP contribution in [0.25, 0.3) is 27.7 Å². The molecule has 0 spiro atoms. The molecule has 0 saturated carbocycles. The number of benzene rings is 2. The molecule has 2 aromatic heterocycles. The van der Waals surface area contributed by atoms with E-state index >= 15 is 0 Å². The molecule has 5 nitrogen and oxygen atoms in total. The van der Waals surface area contributed by atoms with Crippen molar-refractivity contribution in [3.8, 4) is 11.1 Å². The van der Waals surface area contributed by atoms with Gasteiger partial charge in [0.15, 0.2) is 5.65 Å². The van der Waals surface area contributed by atoms with Crippen LogP contribution in [0.3, 0.4) is 0 Å². The number of hydrogen-bond acceptors (Lipinski definition) is 4. The second-order valence-electron chi connectivity index (χ2n) is 6.73. The van der Waals surface area contributed by atoms with E-state index in [0.717, 1.165) is 64.7 Å². The minimum Gasteiger partial charge on any atom is -0.368 e. The van der Waals surface area contributed by atoms with Crippen LogP contribution in [-0.2, 0) is 0 Å². The summed E-state index contributed by atoms with van der Waals surface area (Å²) in [6.07, 6.45) is 1.87. The van der Waals surface area contributed by atoms with Crippen LogP contribution in [0.1, 0.15) is 13.8 Å². The zero-order chi connectivity index (χ0) is 19.5. The maximum Gasteiger partial charge on any atom is 0.165 e. The molecule has 0 fully saturated rings. The molecular weight excluding hydrogens is 405 g/mol. The highest BCUT2D eigenvalue weighted by molar-refractivity contribution is 6.30. The molecule has 0 bridgehead atoms. The number of nitrogens with one attached hydrogen (secondary N) is 1. The van der Waals surface area contributed by atoms with Gasteiger partial charge in [0.1, 0.15) is 5.82 Å². The Labute approximate surface area is 182 Å². The van der Waals surface area contributed by atoms with Crippen LogP contribution in [0.2, 0.25) is 5.02 Å². The van der Waals surface area contributed by atoms with Gasteiger partial charge in [0, 0.05) is 29.1 Å². The minimum atomic E-state index is 0. The first-order valence-electron chi connectivity index (χ1n) is 9.70. The lowest BCUT2D eigenvalue weighted by Gasteiger charge is -2.18. The van der Waals surface area contributed by atoms with Gasteiger partial charge in [0.25, 0.3) is 0 Å². The Hall–Kier alpha value is -2.34. The average Bonchev–Trinajstić information content (AvgIpc) is 3.16. The molecule has 2 aromatic carbocycles. The van der Waals surface area contributed by atoms with Gasteiger partial charge in [-0.3, -0.25) is 0 Å². The van der Waals surface area contributed by atoms with Crippen LogP contribution in [0.15, 0.2) is 54.7 Å². The molecule has 2 heterocycles. The smallest absolute Gasteiger partial charge is 0.165 e. The molecule has 1 N–H and O–H groups in total. The summed E-state index contributed by atoms with van der Waals surface area (Å²) >= 11 is 6.05. The Morgan fingerprint density at radius 3 is 2.48 bits per heavy atom. The number of para-hydroxylation sites is 1. The first-order valence-corrected chi connectivity index (χ1v) is 10.1. The summed E-state index contributed by atoms with van der Waals surface area (Å²) in [5.41, 5.74) is 3.93. The van der Waals surface area contributed by atoms with Crippen molar-refractivity contribution < 1.29 is 0 Å². The van der Waals surface area contributed by atoms with Gasteiger partial charge < -0.3 is 10.2 Å². The van der Waals surface area contributed by atoms with Crippen molar-refractivity contribution in [1.82, 2.24) is 19.5 Å². The monoisotopic (exact) mass is 429 g/mol. The highest BCUT2D eigenvalue weighted by atomic mass is 35.5. The van der Waals surface area contributed by atoms with Crippen molar-refractivity contribution in [1.29, 1.82) is 0 Å². The summed E-state index contributed by atoms with van der Waals surface area (Å²) in [7, 11) is 0. The average molecular weight is 430 g/mol. The van der Waals surface area contributed by atoms with Crippen molar-refractivity contribution in [2.45, 2.75) is 13.8 Å². The summed E-state index contributed by atoms with van der Waals surface area (Å²) in [5, 5.41) is 9.94. The summed E-state index contributed by atoms with van der Waals surface area (Å²) < 4.78 is 1.91. The third-order valence-electron chi connectivity index (χ3n) is 5.12. The predicted octanol–water partition coefficient (Wildman–Crippen LogP) is 5.38. The number of hydrogen-bond donors (Lipinski definition) is 1. The zero-order valence-electron chi connectivity index (χ0n) is 16.6. The van der Waals surface area contributed by atoms with Crippen molar-refractivity contribution >= 4 is 46.4 Å².